The standard InChI is InChI=1S/C17H17FN2O/c1-11-10-13(18)7-9-14(11)20-17(21)16-8-6-12-4-2-3-5-15(12)19-16/h2-5,7,9-10,16,19H,6,8H2,1H3,(H,20,21). The van der Waals surface area contributed by atoms with Gasteiger partial charge in [0.1, 0.15) is 11.9 Å². The third-order valence-electron chi connectivity index (χ3n) is 3.81. The normalized spacial score (nSPS) is 16.8. The van der Waals surface area contributed by atoms with Gasteiger partial charge in [-0.05, 0) is 55.2 Å². The van der Waals surface area contributed by atoms with Gasteiger partial charge in [0.2, 0.25) is 5.91 Å². The molecule has 0 fully saturated rings. The molecule has 1 heterocycles. The maximum absolute atomic E-state index is 13.1. The number of carbonyl (C=O) groups is 1. The second-order valence-electron chi connectivity index (χ2n) is 5.34. The van der Waals surface area contributed by atoms with E-state index in [9.17, 15) is 9.18 Å². The smallest absolute Gasteiger partial charge is 0.246 e. The minimum atomic E-state index is -0.296. The summed E-state index contributed by atoms with van der Waals surface area (Å²) in [5, 5.41) is 6.13. The lowest BCUT2D eigenvalue weighted by atomic mass is 9.97. The molecule has 3 nitrogen and oxygen atoms in total. The molecule has 1 unspecified atom stereocenters. The quantitative estimate of drug-likeness (QED) is 0.886. The van der Waals surface area contributed by atoms with Crippen LogP contribution in [-0.2, 0) is 11.2 Å². The third-order valence-corrected chi connectivity index (χ3v) is 3.81. The van der Waals surface area contributed by atoms with Crippen LogP contribution in [0.15, 0.2) is 42.5 Å². The molecule has 2 aromatic carbocycles. The van der Waals surface area contributed by atoms with Gasteiger partial charge in [-0.3, -0.25) is 4.79 Å². The summed E-state index contributed by atoms with van der Waals surface area (Å²) in [4.78, 5) is 12.3. The van der Waals surface area contributed by atoms with Crippen LogP contribution in [0.1, 0.15) is 17.5 Å². The van der Waals surface area contributed by atoms with Gasteiger partial charge in [0.05, 0.1) is 0 Å². The summed E-state index contributed by atoms with van der Waals surface area (Å²) in [6.45, 7) is 1.78. The second-order valence-corrected chi connectivity index (χ2v) is 5.34. The molecule has 0 aromatic heterocycles. The summed E-state index contributed by atoms with van der Waals surface area (Å²) < 4.78 is 13.1. The molecule has 0 spiro atoms. The van der Waals surface area contributed by atoms with E-state index in [1.807, 2.05) is 18.2 Å². The fourth-order valence-corrected chi connectivity index (χ4v) is 2.62. The Hall–Kier alpha value is -2.36. The zero-order valence-corrected chi connectivity index (χ0v) is 11.8. The van der Waals surface area contributed by atoms with E-state index in [2.05, 4.69) is 16.7 Å². The van der Waals surface area contributed by atoms with Crippen LogP contribution in [0.4, 0.5) is 15.8 Å². The van der Waals surface area contributed by atoms with E-state index in [1.165, 1.54) is 17.7 Å². The predicted octanol–water partition coefficient (Wildman–Crippen LogP) is 3.50. The molecule has 3 rings (SSSR count). The summed E-state index contributed by atoms with van der Waals surface area (Å²) in [5.41, 5.74) is 3.63. The molecule has 0 aliphatic carbocycles. The average Bonchev–Trinajstić information content (AvgIpc) is 2.49. The van der Waals surface area contributed by atoms with E-state index in [0.717, 1.165) is 24.1 Å². The van der Waals surface area contributed by atoms with Crippen molar-refractivity contribution in [2.24, 2.45) is 0 Å². The average molecular weight is 284 g/mol. The van der Waals surface area contributed by atoms with Crippen LogP contribution >= 0.6 is 0 Å². The first-order chi connectivity index (χ1) is 10.1. The highest BCUT2D eigenvalue weighted by Gasteiger charge is 2.23. The van der Waals surface area contributed by atoms with Crippen molar-refractivity contribution in [2.75, 3.05) is 10.6 Å². The Kier molecular flexibility index (Phi) is 3.60. The van der Waals surface area contributed by atoms with E-state index in [0.29, 0.717) is 5.69 Å². The van der Waals surface area contributed by atoms with Crippen LogP contribution in [0, 0.1) is 12.7 Å². The van der Waals surface area contributed by atoms with Crippen LogP contribution in [0.3, 0.4) is 0 Å². The lowest BCUT2D eigenvalue weighted by Gasteiger charge is -2.26. The SMILES string of the molecule is Cc1cc(F)ccc1NC(=O)C1CCc2ccccc2N1. The molecule has 0 saturated heterocycles. The lowest BCUT2D eigenvalue weighted by molar-refractivity contribution is -0.117. The Balaban J connectivity index is 1.72. The highest BCUT2D eigenvalue weighted by Crippen LogP contribution is 2.25. The highest BCUT2D eigenvalue weighted by molar-refractivity contribution is 5.97. The van der Waals surface area contributed by atoms with Gasteiger partial charge in [-0.25, -0.2) is 4.39 Å². The van der Waals surface area contributed by atoms with E-state index >= 15 is 0 Å². The summed E-state index contributed by atoms with van der Waals surface area (Å²) >= 11 is 0. The fraction of sp³-hybridized carbons (Fsp3) is 0.235. The molecule has 4 heteroatoms. The number of rotatable bonds is 2. The van der Waals surface area contributed by atoms with Crippen LogP contribution < -0.4 is 10.6 Å². The van der Waals surface area contributed by atoms with E-state index in [-0.39, 0.29) is 17.8 Å². The molecule has 108 valence electrons. The molecule has 1 aliphatic rings. The van der Waals surface area contributed by atoms with Crippen molar-refractivity contribution in [1.29, 1.82) is 0 Å². The maximum atomic E-state index is 13.1. The molecule has 0 radical (unpaired) electrons. The van der Waals surface area contributed by atoms with Crippen LogP contribution in [0.5, 0.6) is 0 Å². The lowest BCUT2D eigenvalue weighted by Crippen LogP contribution is -2.37. The number of halogens is 1. The van der Waals surface area contributed by atoms with Gasteiger partial charge in [-0.15, -0.1) is 0 Å². The van der Waals surface area contributed by atoms with Crippen molar-refractivity contribution in [2.45, 2.75) is 25.8 Å². The number of para-hydroxylation sites is 1. The number of hydrogen-bond acceptors (Lipinski definition) is 2. The summed E-state index contributed by atoms with van der Waals surface area (Å²) in [6, 6.07) is 12.1. The Labute approximate surface area is 123 Å². The number of fused-ring (bicyclic) bond motifs is 1. The van der Waals surface area contributed by atoms with Crippen LogP contribution in [-0.4, -0.2) is 11.9 Å². The monoisotopic (exact) mass is 284 g/mol. The fourth-order valence-electron chi connectivity index (χ4n) is 2.62. The van der Waals surface area contributed by atoms with Gasteiger partial charge in [-0.1, -0.05) is 18.2 Å². The number of amides is 1. The van der Waals surface area contributed by atoms with Gasteiger partial charge in [0.15, 0.2) is 0 Å². The van der Waals surface area contributed by atoms with Crippen LogP contribution in [0.2, 0.25) is 0 Å². The third kappa shape index (κ3) is 2.89. The number of hydrogen-bond donors (Lipinski definition) is 2. The largest absolute Gasteiger partial charge is 0.373 e. The Morgan fingerprint density at radius 2 is 2.10 bits per heavy atom. The van der Waals surface area contributed by atoms with Crippen molar-refractivity contribution < 1.29 is 9.18 Å². The number of carbonyl (C=O) groups excluding carboxylic acids is 1. The maximum Gasteiger partial charge on any atom is 0.246 e. The topological polar surface area (TPSA) is 41.1 Å². The van der Waals surface area contributed by atoms with Gasteiger partial charge in [0, 0.05) is 11.4 Å². The second kappa shape index (κ2) is 5.56. The van der Waals surface area contributed by atoms with E-state index in [4.69, 9.17) is 0 Å². The first-order valence-corrected chi connectivity index (χ1v) is 7.05. The van der Waals surface area contributed by atoms with Gasteiger partial charge in [-0.2, -0.15) is 0 Å². The molecule has 2 aromatic rings. The number of benzene rings is 2. The zero-order valence-electron chi connectivity index (χ0n) is 11.8. The number of nitrogens with one attached hydrogen (secondary N) is 2. The Bertz CT molecular complexity index is 684. The zero-order chi connectivity index (χ0) is 14.8. The highest BCUT2D eigenvalue weighted by atomic mass is 19.1. The van der Waals surface area contributed by atoms with Gasteiger partial charge in [0.25, 0.3) is 0 Å². The summed E-state index contributed by atoms with van der Waals surface area (Å²) in [6.07, 6.45) is 1.63. The number of anilines is 2. The Morgan fingerprint density at radius 3 is 2.90 bits per heavy atom. The Morgan fingerprint density at radius 1 is 1.29 bits per heavy atom. The first-order valence-electron chi connectivity index (χ1n) is 7.05. The molecular formula is C17H17FN2O. The van der Waals surface area contributed by atoms with Crippen molar-refractivity contribution in [3.63, 3.8) is 0 Å². The summed E-state index contributed by atoms with van der Waals surface area (Å²) in [5.74, 6) is -0.380. The molecule has 0 bridgehead atoms. The van der Waals surface area contributed by atoms with Crippen molar-refractivity contribution in [3.8, 4) is 0 Å². The van der Waals surface area contributed by atoms with Gasteiger partial charge >= 0.3 is 0 Å². The molecule has 1 amide bonds. The molecular weight excluding hydrogens is 267 g/mol. The van der Waals surface area contributed by atoms with Crippen LogP contribution in [0.25, 0.3) is 0 Å². The molecule has 1 atom stereocenters. The molecule has 0 saturated carbocycles. The van der Waals surface area contributed by atoms with Crippen molar-refractivity contribution in [1.82, 2.24) is 0 Å². The van der Waals surface area contributed by atoms with E-state index < -0.39 is 0 Å². The predicted molar refractivity (Wildman–Crippen MR) is 81.9 cm³/mol. The van der Waals surface area contributed by atoms with Gasteiger partial charge < -0.3 is 10.6 Å². The van der Waals surface area contributed by atoms with Crippen molar-refractivity contribution >= 4 is 17.3 Å². The summed E-state index contributed by atoms with van der Waals surface area (Å²) in [7, 11) is 0. The van der Waals surface area contributed by atoms with Crippen molar-refractivity contribution in [3.05, 3.63) is 59.4 Å². The minimum Gasteiger partial charge on any atom is -0.373 e. The molecule has 21 heavy (non-hydrogen) atoms. The molecule has 1 aliphatic heterocycles. The first kappa shape index (κ1) is 13.6. The van der Waals surface area contributed by atoms with E-state index in [1.54, 1.807) is 13.0 Å². The molecule has 2 N–H and O–H groups in total. The minimum absolute atomic E-state index is 0.0841. The number of aryl methyl sites for hydroxylation is 2.